The number of rotatable bonds is 5. The second-order valence-corrected chi connectivity index (χ2v) is 7.41. The number of benzene rings is 1. The number of halogens is 1. The SMILES string of the molecule is Cn1c(B(O)OC(C)(C)C(C)(C)O)cc2c(B(O)O)cc(Cl)cc21. The fourth-order valence-corrected chi connectivity index (χ4v) is 2.60. The Morgan fingerprint density at radius 2 is 1.67 bits per heavy atom. The highest BCUT2D eigenvalue weighted by Gasteiger charge is 2.40. The van der Waals surface area contributed by atoms with Crippen molar-refractivity contribution in [2.45, 2.75) is 38.9 Å². The zero-order valence-corrected chi connectivity index (χ0v) is 15.2. The second kappa shape index (κ2) is 6.37. The monoisotopic (exact) mass is 353 g/mol. The topological polar surface area (TPSA) is 95.1 Å². The van der Waals surface area contributed by atoms with Gasteiger partial charge >= 0.3 is 14.2 Å². The molecule has 0 spiro atoms. The molecule has 0 aliphatic carbocycles. The van der Waals surface area contributed by atoms with Gasteiger partial charge < -0.3 is 29.4 Å². The summed E-state index contributed by atoms with van der Waals surface area (Å²) in [7, 11) is -1.29. The molecule has 0 unspecified atom stereocenters. The smallest absolute Gasteiger partial charge is 0.423 e. The Balaban J connectivity index is 2.50. The van der Waals surface area contributed by atoms with Crippen molar-refractivity contribution in [1.82, 2.24) is 4.57 Å². The van der Waals surface area contributed by atoms with E-state index in [9.17, 15) is 20.2 Å². The summed E-state index contributed by atoms with van der Waals surface area (Å²) in [4.78, 5) is 0. The van der Waals surface area contributed by atoms with Crippen LogP contribution >= 0.6 is 11.6 Å². The normalized spacial score (nSPS) is 12.8. The Morgan fingerprint density at radius 1 is 1.08 bits per heavy atom. The predicted molar refractivity (Wildman–Crippen MR) is 96.8 cm³/mol. The summed E-state index contributed by atoms with van der Waals surface area (Å²) in [5.74, 6) is 0. The van der Waals surface area contributed by atoms with E-state index in [1.165, 1.54) is 6.07 Å². The van der Waals surface area contributed by atoms with Crippen molar-refractivity contribution in [2.75, 3.05) is 0 Å². The zero-order chi connectivity index (χ0) is 18.4. The van der Waals surface area contributed by atoms with Gasteiger partial charge in [0.25, 0.3) is 0 Å². The highest BCUT2D eigenvalue weighted by Crippen LogP contribution is 2.26. The summed E-state index contributed by atoms with van der Waals surface area (Å²) in [5.41, 5.74) is -0.905. The van der Waals surface area contributed by atoms with Crippen molar-refractivity contribution >= 4 is 47.8 Å². The molecule has 6 nitrogen and oxygen atoms in total. The molecular formula is C15H22B2ClNO5. The summed E-state index contributed by atoms with van der Waals surface area (Å²) >= 11 is 6.03. The summed E-state index contributed by atoms with van der Waals surface area (Å²) in [6, 6.07) is 4.75. The molecular weight excluding hydrogens is 331 g/mol. The molecule has 0 radical (unpaired) electrons. The molecule has 1 aromatic carbocycles. The maximum Gasteiger partial charge on any atom is 0.509 e. The van der Waals surface area contributed by atoms with E-state index in [1.54, 1.807) is 51.4 Å². The van der Waals surface area contributed by atoms with Gasteiger partial charge in [-0.25, -0.2) is 0 Å². The lowest BCUT2D eigenvalue weighted by Gasteiger charge is -2.38. The molecule has 4 N–H and O–H groups in total. The number of nitrogens with zero attached hydrogens (tertiary/aromatic N) is 1. The highest BCUT2D eigenvalue weighted by molar-refractivity contribution is 6.64. The number of aromatic nitrogens is 1. The molecule has 1 aromatic heterocycles. The van der Waals surface area contributed by atoms with Crippen molar-refractivity contribution in [3.8, 4) is 0 Å². The summed E-state index contributed by atoms with van der Waals surface area (Å²) in [6.07, 6.45) is 0. The van der Waals surface area contributed by atoms with Crippen LogP contribution in [0.25, 0.3) is 10.9 Å². The van der Waals surface area contributed by atoms with Crippen molar-refractivity contribution in [2.24, 2.45) is 7.05 Å². The maximum atomic E-state index is 10.5. The average molecular weight is 353 g/mol. The number of aryl methyl sites for hydroxylation is 1. The summed E-state index contributed by atoms with van der Waals surface area (Å²) < 4.78 is 7.32. The zero-order valence-electron chi connectivity index (χ0n) is 14.4. The van der Waals surface area contributed by atoms with E-state index in [2.05, 4.69) is 0 Å². The fraction of sp³-hybridized carbons (Fsp3) is 0.467. The van der Waals surface area contributed by atoms with Crippen LogP contribution in [-0.2, 0) is 11.7 Å². The number of fused-ring (bicyclic) bond motifs is 1. The molecule has 0 atom stereocenters. The van der Waals surface area contributed by atoms with Crippen LogP contribution in [-0.4, -0.2) is 50.2 Å². The van der Waals surface area contributed by atoms with E-state index in [-0.39, 0.29) is 5.46 Å². The number of aliphatic hydroxyl groups is 1. The van der Waals surface area contributed by atoms with Gasteiger partial charge in [-0.15, -0.1) is 0 Å². The van der Waals surface area contributed by atoms with E-state index in [1.807, 2.05) is 0 Å². The molecule has 0 bridgehead atoms. The van der Waals surface area contributed by atoms with E-state index in [0.717, 1.165) is 0 Å². The first-order valence-corrected chi connectivity index (χ1v) is 7.96. The van der Waals surface area contributed by atoms with Gasteiger partial charge in [0.2, 0.25) is 0 Å². The molecule has 0 amide bonds. The molecule has 0 fully saturated rings. The standard InChI is InChI=1S/C15H22B2ClNO5/c1-14(2,20)15(3,4)24-17(23)13-8-10-11(16(21)22)6-9(18)7-12(10)19(13)5/h6-8,20-23H,1-5H3. The molecule has 2 rings (SSSR count). The number of hydrogen-bond donors (Lipinski definition) is 4. The highest BCUT2D eigenvalue weighted by atomic mass is 35.5. The third kappa shape index (κ3) is 3.49. The van der Waals surface area contributed by atoms with Gasteiger partial charge in [0.05, 0.1) is 11.2 Å². The van der Waals surface area contributed by atoms with E-state index < -0.39 is 25.4 Å². The van der Waals surface area contributed by atoms with E-state index in [4.69, 9.17) is 16.3 Å². The van der Waals surface area contributed by atoms with Gasteiger partial charge in [0.1, 0.15) is 0 Å². The fourth-order valence-electron chi connectivity index (χ4n) is 2.38. The van der Waals surface area contributed by atoms with Crippen LogP contribution in [0.5, 0.6) is 0 Å². The van der Waals surface area contributed by atoms with Gasteiger partial charge in [0, 0.05) is 23.2 Å². The quantitative estimate of drug-likeness (QED) is 0.557. The summed E-state index contributed by atoms with van der Waals surface area (Å²) in [5, 5.41) is 40.6. The number of hydrogen-bond acceptors (Lipinski definition) is 5. The van der Waals surface area contributed by atoms with Crippen LogP contribution < -0.4 is 11.1 Å². The molecule has 24 heavy (non-hydrogen) atoms. The Hall–Kier alpha value is -1.02. The first-order chi connectivity index (χ1) is 10.8. The average Bonchev–Trinajstić information content (AvgIpc) is 2.73. The van der Waals surface area contributed by atoms with Crippen molar-refractivity contribution < 1.29 is 24.8 Å². The van der Waals surface area contributed by atoms with E-state index in [0.29, 0.717) is 21.5 Å². The minimum atomic E-state index is -1.69. The lowest BCUT2D eigenvalue weighted by atomic mass is 9.77. The van der Waals surface area contributed by atoms with Gasteiger partial charge in [-0.3, -0.25) is 0 Å². The van der Waals surface area contributed by atoms with Gasteiger partial charge in [-0.2, -0.15) is 0 Å². The van der Waals surface area contributed by atoms with E-state index >= 15 is 0 Å². The second-order valence-electron chi connectivity index (χ2n) is 6.97. The van der Waals surface area contributed by atoms with Gasteiger partial charge in [0.15, 0.2) is 0 Å². The van der Waals surface area contributed by atoms with Crippen molar-refractivity contribution in [3.05, 3.63) is 23.2 Å². The van der Waals surface area contributed by atoms with Crippen molar-refractivity contribution in [1.29, 1.82) is 0 Å². The maximum absolute atomic E-state index is 10.5. The van der Waals surface area contributed by atoms with Crippen molar-refractivity contribution in [3.63, 3.8) is 0 Å². The first-order valence-electron chi connectivity index (χ1n) is 7.58. The van der Waals surface area contributed by atoms with Gasteiger partial charge in [-0.05, 0) is 56.7 Å². The summed E-state index contributed by atoms with van der Waals surface area (Å²) in [6.45, 7) is 6.56. The first kappa shape index (κ1) is 19.3. The van der Waals surface area contributed by atoms with Crippen LogP contribution in [0, 0.1) is 0 Å². The Morgan fingerprint density at radius 3 is 2.17 bits per heavy atom. The van der Waals surface area contributed by atoms with Crippen LogP contribution in [0.1, 0.15) is 27.7 Å². The molecule has 0 aliphatic rings. The third-order valence-electron chi connectivity index (χ3n) is 4.61. The minimum absolute atomic E-state index is 0.244. The molecule has 2 aromatic rings. The van der Waals surface area contributed by atoms with Crippen LogP contribution in [0.4, 0.5) is 0 Å². The lowest BCUT2D eigenvalue weighted by molar-refractivity contribution is -0.0984. The Bertz CT molecular complexity index is 754. The molecule has 130 valence electrons. The predicted octanol–water partition coefficient (Wildman–Crippen LogP) is -0.235. The molecule has 1 heterocycles. The Kier molecular flexibility index (Phi) is 5.12. The Labute approximate surface area is 146 Å². The van der Waals surface area contributed by atoms with Crippen LogP contribution in [0.3, 0.4) is 0 Å². The molecule has 0 aliphatic heterocycles. The molecule has 0 saturated carbocycles. The largest absolute Gasteiger partial charge is 0.509 e. The van der Waals surface area contributed by atoms with Crippen LogP contribution in [0.2, 0.25) is 5.02 Å². The molecule has 9 heteroatoms. The molecule has 0 saturated heterocycles. The third-order valence-corrected chi connectivity index (χ3v) is 4.82. The van der Waals surface area contributed by atoms with Gasteiger partial charge in [-0.1, -0.05) is 11.6 Å². The van der Waals surface area contributed by atoms with Crippen LogP contribution in [0.15, 0.2) is 18.2 Å². The lowest BCUT2D eigenvalue weighted by Crippen LogP contribution is -2.54. The minimum Gasteiger partial charge on any atom is -0.423 e.